The maximum atomic E-state index is 3.71. The fourth-order valence-corrected chi connectivity index (χ4v) is 2.71. The van der Waals surface area contributed by atoms with E-state index in [2.05, 4.69) is 53.3 Å². The summed E-state index contributed by atoms with van der Waals surface area (Å²) in [5.41, 5.74) is 3.07. The second-order valence-electron chi connectivity index (χ2n) is 5.20. The van der Waals surface area contributed by atoms with Crippen molar-refractivity contribution in [2.75, 3.05) is 0 Å². The van der Waals surface area contributed by atoms with Crippen molar-refractivity contribution < 1.29 is 0 Å². The molecule has 1 aromatic carbocycles. The van der Waals surface area contributed by atoms with Crippen molar-refractivity contribution >= 4 is 15.9 Å². The van der Waals surface area contributed by atoms with Crippen LogP contribution < -0.4 is 5.32 Å². The van der Waals surface area contributed by atoms with Gasteiger partial charge in [0, 0.05) is 16.6 Å². The highest BCUT2D eigenvalue weighted by atomic mass is 79.9. The predicted octanol–water partition coefficient (Wildman–Crippen LogP) is 4.18. The fourth-order valence-electron chi connectivity index (χ4n) is 2.46. The van der Waals surface area contributed by atoms with Gasteiger partial charge in [0.25, 0.3) is 0 Å². The smallest absolute Gasteiger partial charge is 0.0210 e. The molecule has 0 spiro atoms. The topological polar surface area (TPSA) is 12.0 Å². The molecule has 2 heteroatoms. The molecule has 1 saturated carbocycles. The van der Waals surface area contributed by atoms with Crippen molar-refractivity contribution in [3.8, 4) is 0 Å². The molecule has 1 aliphatic carbocycles. The van der Waals surface area contributed by atoms with Crippen molar-refractivity contribution in [1.29, 1.82) is 0 Å². The molecule has 1 aliphatic rings. The van der Waals surface area contributed by atoms with Crippen molar-refractivity contribution in [2.24, 2.45) is 0 Å². The second kappa shape index (κ2) is 4.89. The van der Waals surface area contributed by atoms with Gasteiger partial charge in [-0.05, 0) is 43.9 Å². The summed E-state index contributed by atoms with van der Waals surface area (Å²) in [5, 5.41) is 3.71. The Bertz CT molecular complexity index is 367. The Kier molecular flexibility index (Phi) is 3.70. The summed E-state index contributed by atoms with van der Waals surface area (Å²) in [6, 6.07) is 6.60. The van der Waals surface area contributed by atoms with Crippen LogP contribution in [0.3, 0.4) is 0 Å². The van der Waals surface area contributed by atoms with Gasteiger partial charge in [0.2, 0.25) is 0 Å². The van der Waals surface area contributed by atoms with Crippen LogP contribution in [0.5, 0.6) is 0 Å². The van der Waals surface area contributed by atoms with Crippen molar-refractivity contribution in [3.05, 3.63) is 33.8 Å². The molecule has 0 unspecified atom stereocenters. The lowest BCUT2D eigenvalue weighted by Gasteiger charge is -2.25. The predicted molar refractivity (Wildman–Crippen MR) is 72.6 cm³/mol. The molecule has 1 nitrogen and oxygen atoms in total. The highest BCUT2D eigenvalue weighted by Gasteiger charge is 2.27. The second-order valence-corrected chi connectivity index (χ2v) is 6.06. The van der Waals surface area contributed by atoms with E-state index in [-0.39, 0.29) is 0 Å². The Morgan fingerprint density at radius 3 is 2.62 bits per heavy atom. The molecule has 0 bridgehead atoms. The summed E-state index contributed by atoms with van der Waals surface area (Å²) in [7, 11) is 0. The van der Waals surface area contributed by atoms with Gasteiger partial charge >= 0.3 is 0 Å². The monoisotopic (exact) mass is 281 g/mol. The van der Waals surface area contributed by atoms with Gasteiger partial charge in [-0.1, -0.05) is 40.9 Å². The highest BCUT2D eigenvalue weighted by Crippen LogP contribution is 2.29. The van der Waals surface area contributed by atoms with Crippen LogP contribution >= 0.6 is 15.9 Å². The molecule has 1 fully saturated rings. The molecule has 0 amide bonds. The number of hydrogen-bond donors (Lipinski definition) is 1. The maximum Gasteiger partial charge on any atom is 0.0210 e. The molecule has 88 valence electrons. The molecule has 1 N–H and O–H groups in total. The summed E-state index contributed by atoms with van der Waals surface area (Å²) in [6.45, 7) is 5.49. The zero-order chi connectivity index (χ0) is 11.6. The van der Waals surface area contributed by atoms with Crippen LogP contribution in [0.4, 0.5) is 0 Å². The molecule has 0 aliphatic heterocycles. The first-order chi connectivity index (χ1) is 7.59. The minimum Gasteiger partial charge on any atom is -0.307 e. The van der Waals surface area contributed by atoms with E-state index in [1.54, 1.807) is 0 Å². The summed E-state index contributed by atoms with van der Waals surface area (Å²) < 4.78 is 1.20. The molecular weight excluding hydrogens is 262 g/mol. The highest BCUT2D eigenvalue weighted by molar-refractivity contribution is 9.10. The first kappa shape index (κ1) is 12.1. The molecule has 0 atom stereocenters. The molecule has 0 radical (unpaired) electrons. The zero-order valence-electron chi connectivity index (χ0n) is 10.1. The lowest BCUT2D eigenvalue weighted by atomic mass is 10.00. The summed E-state index contributed by atoms with van der Waals surface area (Å²) in [6.07, 6.45) is 5.40. The third kappa shape index (κ3) is 2.86. The van der Waals surface area contributed by atoms with Crippen molar-refractivity contribution in [2.45, 2.75) is 51.6 Å². The zero-order valence-corrected chi connectivity index (χ0v) is 11.7. The minimum absolute atomic E-state index is 0.376. The molecule has 0 aromatic heterocycles. The van der Waals surface area contributed by atoms with E-state index in [9.17, 15) is 0 Å². The van der Waals surface area contributed by atoms with Crippen LogP contribution in [0.25, 0.3) is 0 Å². The van der Waals surface area contributed by atoms with E-state index < -0.39 is 0 Å². The third-order valence-corrected chi connectivity index (χ3v) is 4.54. The Morgan fingerprint density at radius 1 is 1.31 bits per heavy atom. The number of aryl methyl sites for hydroxylation is 1. The van der Waals surface area contributed by atoms with Crippen LogP contribution in [0, 0.1) is 6.92 Å². The first-order valence-electron chi connectivity index (χ1n) is 6.09. The lowest BCUT2D eigenvalue weighted by molar-refractivity contribution is 0.362. The molecule has 0 heterocycles. The SMILES string of the molecule is Cc1cc(CNC2(C)CCCC2)ccc1Br. The van der Waals surface area contributed by atoms with Gasteiger partial charge in [0.1, 0.15) is 0 Å². The van der Waals surface area contributed by atoms with E-state index in [0.29, 0.717) is 5.54 Å². The quantitative estimate of drug-likeness (QED) is 0.877. The van der Waals surface area contributed by atoms with E-state index in [1.165, 1.54) is 41.3 Å². The van der Waals surface area contributed by atoms with Gasteiger partial charge in [0.15, 0.2) is 0 Å². The Morgan fingerprint density at radius 2 is 2.00 bits per heavy atom. The van der Waals surface area contributed by atoms with E-state index in [1.807, 2.05) is 0 Å². The fraction of sp³-hybridized carbons (Fsp3) is 0.571. The Balaban J connectivity index is 1.96. The van der Waals surface area contributed by atoms with Crippen molar-refractivity contribution in [3.63, 3.8) is 0 Å². The van der Waals surface area contributed by atoms with E-state index in [4.69, 9.17) is 0 Å². The lowest BCUT2D eigenvalue weighted by Crippen LogP contribution is -2.38. The number of rotatable bonds is 3. The average Bonchev–Trinajstić information content (AvgIpc) is 2.68. The largest absolute Gasteiger partial charge is 0.307 e. The maximum absolute atomic E-state index is 3.71. The van der Waals surface area contributed by atoms with Gasteiger partial charge in [-0.15, -0.1) is 0 Å². The third-order valence-electron chi connectivity index (χ3n) is 3.65. The Labute approximate surface area is 107 Å². The number of nitrogens with one attached hydrogen (secondary N) is 1. The standard InChI is InChI=1S/C14H20BrN/c1-11-9-12(5-6-13(11)15)10-16-14(2)7-3-4-8-14/h5-6,9,16H,3-4,7-8,10H2,1-2H3. The van der Waals surface area contributed by atoms with Crippen LogP contribution in [0.2, 0.25) is 0 Å². The molecule has 2 rings (SSSR count). The van der Waals surface area contributed by atoms with E-state index in [0.717, 1.165) is 6.54 Å². The van der Waals surface area contributed by atoms with Crippen LogP contribution in [0.15, 0.2) is 22.7 Å². The first-order valence-corrected chi connectivity index (χ1v) is 6.88. The molecule has 16 heavy (non-hydrogen) atoms. The van der Waals surface area contributed by atoms with Gasteiger partial charge in [-0.2, -0.15) is 0 Å². The minimum atomic E-state index is 0.376. The van der Waals surface area contributed by atoms with Gasteiger partial charge < -0.3 is 5.32 Å². The average molecular weight is 282 g/mol. The van der Waals surface area contributed by atoms with Gasteiger partial charge in [0.05, 0.1) is 0 Å². The van der Waals surface area contributed by atoms with Crippen LogP contribution in [0.1, 0.15) is 43.7 Å². The summed E-state index contributed by atoms with van der Waals surface area (Å²) in [4.78, 5) is 0. The van der Waals surface area contributed by atoms with Crippen LogP contribution in [-0.2, 0) is 6.54 Å². The normalized spacial score (nSPS) is 18.9. The Hall–Kier alpha value is -0.340. The number of benzene rings is 1. The molecule has 0 saturated heterocycles. The van der Waals surface area contributed by atoms with Gasteiger partial charge in [-0.3, -0.25) is 0 Å². The molecule has 1 aromatic rings. The summed E-state index contributed by atoms with van der Waals surface area (Å²) >= 11 is 3.54. The number of halogens is 1. The summed E-state index contributed by atoms with van der Waals surface area (Å²) in [5.74, 6) is 0. The van der Waals surface area contributed by atoms with Crippen LogP contribution in [-0.4, -0.2) is 5.54 Å². The molecular formula is C14H20BrN. The van der Waals surface area contributed by atoms with E-state index >= 15 is 0 Å². The van der Waals surface area contributed by atoms with Crippen molar-refractivity contribution in [1.82, 2.24) is 5.32 Å². The number of hydrogen-bond acceptors (Lipinski definition) is 1. The van der Waals surface area contributed by atoms with Gasteiger partial charge in [-0.25, -0.2) is 0 Å².